The fraction of sp³-hybridized carbons (Fsp3) is 0.286. The molecule has 2 aromatic rings. The predicted octanol–water partition coefficient (Wildman–Crippen LogP) is 4.16. The summed E-state index contributed by atoms with van der Waals surface area (Å²) in [5.74, 6) is -0.494. The Labute approximate surface area is 172 Å². The van der Waals surface area contributed by atoms with Gasteiger partial charge in [0.05, 0.1) is 6.04 Å². The van der Waals surface area contributed by atoms with Gasteiger partial charge in [0.1, 0.15) is 6.04 Å². The first-order chi connectivity index (χ1) is 13.4. The van der Waals surface area contributed by atoms with Gasteiger partial charge in [-0.2, -0.15) is 0 Å². The van der Waals surface area contributed by atoms with Gasteiger partial charge in [0.2, 0.25) is 5.91 Å². The third-order valence-electron chi connectivity index (χ3n) is 4.82. The topological polar surface area (TPSA) is 78.5 Å². The maximum absolute atomic E-state index is 12.7. The highest BCUT2D eigenvalue weighted by Crippen LogP contribution is 2.25. The van der Waals surface area contributed by atoms with E-state index in [1.807, 2.05) is 56.3 Å². The lowest BCUT2D eigenvalue weighted by Crippen LogP contribution is -2.34. The first kappa shape index (κ1) is 20.1. The van der Waals surface area contributed by atoms with Crippen molar-refractivity contribution in [3.05, 3.63) is 64.1 Å². The Kier molecular flexibility index (Phi) is 6.14. The van der Waals surface area contributed by atoms with E-state index in [-0.39, 0.29) is 30.7 Å². The lowest BCUT2D eigenvalue weighted by Gasteiger charge is -2.21. The van der Waals surface area contributed by atoms with Crippen molar-refractivity contribution in [2.75, 3.05) is 5.32 Å². The van der Waals surface area contributed by atoms with Crippen LogP contribution in [0.4, 0.5) is 10.5 Å². The second-order valence-corrected chi connectivity index (χ2v) is 7.70. The molecule has 146 valence electrons. The molecule has 3 rings (SSSR count). The summed E-state index contributed by atoms with van der Waals surface area (Å²) in [6.45, 7) is 3.76. The van der Waals surface area contributed by atoms with E-state index < -0.39 is 12.1 Å². The quantitative estimate of drug-likeness (QED) is 0.657. The number of halogens is 1. The minimum absolute atomic E-state index is 0.138. The normalized spacial score (nSPS) is 17.4. The molecule has 2 aromatic carbocycles. The number of urea groups is 1. The Morgan fingerprint density at radius 3 is 2.61 bits per heavy atom. The van der Waals surface area contributed by atoms with Crippen LogP contribution in [0.15, 0.2) is 53.0 Å². The Hall–Kier alpha value is -2.67. The molecular formula is C21H22BrN3O3. The van der Waals surface area contributed by atoms with Crippen molar-refractivity contribution in [3.63, 3.8) is 0 Å². The molecule has 2 N–H and O–H groups in total. The molecule has 0 bridgehead atoms. The van der Waals surface area contributed by atoms with Crippen LogP contribution in [0.1, 0.15) is 36.9 Å². The Morgan fingerprint density at radius 2 is 1.93 bits per heavy atom. The summed E-state index contributed by atoms with van der Waals surface area (Å²) in [5.41, 5.74) is 2.60. The molecule has 0 aromatic heterocycles. The number of anilines is 1. The fourth-order valence-corrected chi connectivity index (χ4v) is 3.46. The van der Waals surface area contributed by atoms with Gasteiger partial charge in [0.25, 0.3) is 5.91 Å². The molecule has 0 unspecified atom stereocenters. The molecule has 0 radical (unpaired) electrons. The highest BCUT2D eigenvalue weighted by molar-refractivity contribution is 9.10. The average molecular weight is 444 g/mol. The number of hydrogen-bond acceptors (Lipinski definition) is 3. The third-order valence-corrected chi connectivity index (χ3v) is 5.71. The van der Waals surface area contributed by atoms with Crippen molar-refractivity contribution >= 4 is 39.5 Å². The zero-order chi connectivity index (χ0) is 20.3. The number of nitrogens with one attached hydrogen (secondary N) is 2. The second-order valence-electron chi connectivity index (χ2n) is 6.85. The van der Waals surface area contributed by atoms with Crippen molar-refractivity contribution in [1.82, 2.24) is 10.2 Å². The number of rotatable bonds is 6. The molecule has 7 heteroatoms. The lowest BCUT2D eigenvalue weighted by molar-refractivity contribution is -0.129. The van der Waals surface area contributed by atoms with Crippen molar-refractivity contribution in [1.29, 1.82) is 0 Å². The lowest BCUT2D eigenvalue weighted by atomic mass is 10.1. The van der Waals surface area contributed by atoms with E-state index in [1.165, 1.54) is 4.90 Å². The maximum Gasteiger partial charge on any atom is 0.325 e. The zero-order valence-electron chi connectivity index (χ0n) is 15.7. The summed E-state index contributed by atoms with van der Waals surface area (Å²) in [4.78, 5) is 38.5. The van der Waals surface area contributed by atoms with Gasteiger partial charge in [-0.05, 0) is 49.6 Å². The van der Waals surface area contributed by atoms with Crippen LogP contribution in [-0.2, 0) is 9.59 Å². The van der Waals surface area contributed by atoms with Crippen LogP contribution in [0.3, 0.4) is 0 Å². The van der Waals surface area contributed by atoms with E-state index in [4.69, 9.17) is 0 Å². The number of carbonyl (C=O) groups is 3. The van der Waals surface area contributed by atoms with E-state index in [9.17, 15) is 14.4 Å². The molecule has 1 aliphatic heterocycles. The van der Waals surface area contributed by atoms with Gasteiger partial charge in [0.15, 0.2) is 0 Å². The summed E-state index contributed by atoms with van der Waals surface area (Å²) in [6, 6.07) is 13.5. The van der Waals surface area contributed by atoms with Crippen LogP contribution in [0, 0.1) is 6.92 Å². The van der Waals surface area contributed by atoms with Crippen LogP contribution in [0.5, 0.6) is 0 Å². The molecule has 0 saturated carbocycles. The summed E-state index contributed by atoms with van der Waals surface area (Å²) in [6.07, 6.45) is 0.392. The number of carbonyl (C=O) groups excluding carboxylic acids is 3. The molecular weight excluding hydrogens is 422 g/mol. The van der Waals surface area contributed by atoms with E-state index in [0.717, 1.165) is 15.6 Å². The van der Waals surface area contributed by atoms with Gasteiger partial charge in [-0.3, -0.25) is 14.5 Å². The van der Waals surface area contributed by atoms with Crippen molar-refractivity contribution in [3.8, 4) is 0 Å². The number of imide groups is 1. The van der Waals surface area contributed by atoms with E-state index >= 15 is 0 Å². The first-order valence-corrected chi connectivity index (χ1v) is 9.90. The number of nitrogens with zero attached hydrogens (tertiary/aromatic N) is 1. The van der Waals surface area contributed by atoms with Gasteiger partial charge < -0.3 is 10.6 Å². The molecule has 0 aliphatic carbocycles. The van der Waals surface area contributed by atoms with Gasteiger partial charge in [-0.1, -0.05) is 46.3 Å². The molecule has 1 heterocycles. The first-order valence-electron chi connectivity index (χ1n) is 9.11. The number of aryl methyl sites for hydroxylation is 1. The van der Waals surface area contributed by atoms with Crippen molar-refractivity contribution in [2.24, 2.45) is 0 Å². The molecule has 28 heavy (non-hydrogen) atoms. The minimum Gasteiger partial charge on any atom is -0.326 e. The standard InChI is InChI=1S/C21H22BrN3O3/c1-13-12-16(8-9-17(13)22)23-19(26)11-10-18-20(27)25(21(28)24-18)14(2)15-6-4-3-5-7-15/h3-9,12,14,18H,10-11H2,1-2H3,(H,23,26)(H,24,28)/t14-,18+/m0/s1. The van der Waals surface area contributed by atoms with Crippen LogP contribution in [0.25, 0.3) is 0 Å². The molecule has 2 atom stereocenters. The fourth-order valence-electron chi connectivity index (χ4n) is 3.21. The smallest absolute Gasteiger partial charge is 0.325 e. The summed E-state index contributed by atoms with van der Waals surface area (Å²) >= 11 is 3.42. The van der Waals surface area contributed by atoms with E-state index in [0.29, 0.717) is 5.69 Å². The Bertz CT molecular complexity index is 901. The third kappa shape index (κ3) is 4.42. The predicted molar refractivity (Wildman–Crippen MR) is 111 cm³/mol. The highest BCUT2D eigenvalue weighted by Gasteiger charge is 2.40. The summed E-state index contributed by atoms with van der Waals surface area (Å²) < 4.78 is 0.970. The van der Waals surface area contributed by atoms with Crippen LogP contribution in [-0.4, -0.2) is 28.8 Å². The van der Waals surface area contributed by atoms with Crippen LogP contribution in [0.2, 0.25) is 0 Å². The number of benzene rings is 2. The minimum atomic E-state index is -0.684. The number of hydrogen-bond donors (Lipinski definition) is 2. The molecule has 6 nitrogen and oxygen atoms in total. The maximum atomic E-state index is 12.7. The molecule has 0 spiro atoms. The molecule has 1 aliphatic rings. The SMILES string of the molecule is Cc1cc(NC(=O)CC[C@H]2NC(=O)N([C@@H](C)c3ccccc3)C2=O)ccc1Br. The highest BCUT2D eigenvalue weighted by atomic mass is 79.9. The van der Waals surface area contributed by atoms with Gasteiger partial charge >= 0.3 is 6.03 Å². The van der Waals surface area contributed by atoms with Gasteiger partial charge in [-0.25, -0.2) is 4.79 Å². The van der Waals surface area contributed by atoms with Crippen molar-refractivity contribution < 1.29 is 14.4 Å². The van der Waals surface area contributed by atoms with Gasteiger partial charge in [0, 0.05) is 16.6 Å². The van der Waals surface area contributed by atoms with E-state index in [1.54, 1.807) is 6.07 Å². The Balaban J connectivity index is 1.58. The average Bonchev–Trinajstić information content (AvgIpc) is 2.96. The summed E-state index contributed by atoms with van der Waals surface area (Å²) in [5, 5.41) is 5.51. The molecule has 1 saturated heterocycles. The Morgan fingerprint density at radius 1 is 1.21 bits per heavy atom. The second kappa shape index (κ2) is 8.56. The van der Waals surface area contributed by atoms with Crippen molar-refractivity contribution in [2.45, 2.75) is 38.8 Å². The largest absolute Gasteiger partial charge is 0.326 e. The van der Waals surface area contributed by atoms with Crippen LogP contribution >= 0.6 is 15.9 Å². The number of amides is 4. The monoisotopic (exact) mass is 443 g/mol. The molecule has 1 fully saturated rings. The summed E-state index contributed by atoms with van der Waals surface area (Å²) in [7, 11) is 0. The van der Waals surface area contributed by atoms with E-state index in [2.05, 4.69) is 26.6 Å². The van der Waals surface area contributed by atoms with Crippen LogP contribution < -0.4 is 10.6 Å². The molecule has 4 amide bonds. The zero-order valence-corrected chi connectivity index (χ0v) is 17.3. The van der Waals surface area contributed by atoms with Gasteiger partial charge in [-0.15, -0.1) is 0 Å².